The lowest BCUT2D eigenvalue weighted by atomic mass is 10.1. The van der Waals surface area contributed by atoms with Gasteiger partial charge in [-0.15, -0.1) is 0 Å². The summed E-state index contributed by atoms with van der Waals surface area (Å²) in [6.07, 6.45) is 5.06. The molecule has 0 saturated carbocycles. The van der Waals surface area contributed by atoms with Gasteiger partial charge in [0.2, 0.25) is 0 Å². The van der Waals surface area contributed by atoms with Gasteiger partial charge in [0.05, 0.1) is 12.2 Å². The molecular formula is C16H15N5O. The van der Waals surface area contributed by atoms with E-state index >= 15 is 0 Å². The third kappa shape index (κ3) is 2.28. The van der Waals surface area contributed by atoms with Crippen LogP contribution in [0, 0.1) is 0 Å². The maximum Gasteiger partial charge on any atom is 0.268 e. The Hall–Kier alpha value is -2.89. The molecule has 1 aliphatic heterocycles. The SMILES string of the molecule is O=C(NC1CN(c2cnccn2)C1)c1cc2ccccc2[nH]1. The smallest absolute Gasteiger partial charge is 0.268 e. The van der Waals surface area contributed by atoms with E-state index < -0.39 is 0 Å². The van der Waals surface area contributed by atoms with Crippen molar-refractivity contribution in [3.63, 3.8) is 0 Å². The van der Waals surface area contributed by atoms with E-state index in [-0.39, 0.29) is 11.9 Å². The molecule has 110 valence electrons. The molecule has 22 heavy (non-hydrogen) atoms. The molecule has 0 bridgehead atoms. The molecule has 0 aliphatic carbocycles. The second-order valence-corrected chi connectivity index (χ2v) is 5.41. The number of para-hydroxylation sites is 1. The van der Waals surface area contributed by atoms with Crippen molar-refractivity contribution in [3.8, 4) is 0 Å². The number of hydrogen-bond donors (Lipinski definition) is 2. The van der Waals surface area contributed by atoms with E-state index in [1.54, 1.807) is 18.6 Å². The van der Waals surface area contributed by atoms with Crippen molar-refractivity contribution >= 4 is 22.6 Å². The summed E-state index contributed by atoms with van der Waals surface area (Å²) >= 11 is 0. The van der Waals surface area contributed by atoms with Crippen LogP contribution in [0.15, 0.2) is 48.9 Å². The molecule has 6 nitrogen and oxygen atoms in total. The summed E-state index contributed by atoms with van der Waals surface area (Å²) in [5, 5.41) is 4.08. The number of benzene rings is 1. The lowest BCUT2D eigenvalue weighted by molar-refractivity contribution is 0.0926. The zero-order chi connectivity index (χ0) is 14.9. The fraction of sp³-hybridized carbons (Fsp3) is 0.188. The molecule has 2 aromatic heterocycles. The highest BCUT2D eigenvalue weighted by molar-refractivity contribution is 5.98. The van der Waals surface area contributed by atoms with Gasteiger partial charge in [0.15, 0.2) is 0 Å². The Bertz CT molecular complexity index is 775. The topological polar surface area (TPSA) is 73.9 Å². The first-order valence-electron chi connectivity index (χ1n) is 7.19. The maximum absolute atomic E-state index is 12.3. The first-order chi connectivity index (χ1) is 10.8. The zero-order valence-corrected chi connectivity index (χ0v) is 11.9. The Labute approximate surface area is 127 Å². The molecule has 3 heterocycles. The Morgan fingerprint density at radius 2 is 2.14 bits per heavy atom. The highest BCUT2D eigenvalue weighted by Crippen LogP contribution is 2.18. The number of carbonyl (C=O) groups excluding carboxylic acids is 1. The van der Waals surface area contributed by atoms with Crippen LogP contribution >= 0.6 is 0 Å². The van der Waals surface area contributed by atoms with Crippen LogP contribution < -0.4 is 10.2 Å². The average Bonchev–Trinajstić information content (AvgIpc) is 2.95. The number of hydrogen-bond acceptors (Lipinski definition) is 4. The van der Waals surface area contributed by atoms with E-state index in [1.165, 1.54) is 0 Å². The molecular weight excluding hydrogens is 278 g/mol. The number of nitrogens with one attached hydrogen (secondary N) is 2. The lowest BCUT2D eigenvalue weighted by Crippen LogP contribution is -2.59. The molecule has 3 aromatic rings. The van der Waals surface area contributed by atoms with E-state index in [4.69, 9.17) is 0 Å². The van der Waals surface area contributed by atoms with Gasteiger partial charge in [0, 0.05) is 36.4 Å². The number of aromatic nitrogens is 3. The zero-order valence-electron chi connectivity index (χ0n) is 11.9. The summed E-state index contributed by atoms with van der Waals surface area (Å²) in [4.78, 5) is 25.8. The van der Waals surface area contributed by atoms with Gasteiger partial charge in [-0.2, -0.15) is 0 Å². The van der Waals surface area contributed by atoms with Crippen molar-refractivity contribution in [2.45, 2.75) is 6.04 Å². The number of amides is 1. The van der Waals surface area contributed by atoms with Crippen LogP contribution in [-0.4, -0.2) is 40.0 Å². The number of rotatable bonds is 3. The summed E-state index contributed by atoms with van der Waals surface area (Å²) in [5.74, 6) is 0.776. The lowest BCUT2D eigenvalue weighted by Gasteiger charge is -2.40. The predicted molar refractivity (Wildman–Crippen MR) is 83.8 cm³/mol. The van der Waals surface area contributed by atoms with Gasteiger partial charge in [-0.1, -0.05) is 18.2 Å². The van der Waals surface area contributed by atoms with Crippen LogP contribution in [-0.2, 0) is 0 Å². The molecule has 4 rings (SSSR count). The van der Waals surface area contributed by atoms with Gasteiger partial charge in [-0.25, -0.2) is 4.98 Å². The summed E-state index contributed by atoms with van der Waals surface area (Å²) in [6.45, 7) is 1.51. The summed E-state index contributed by atoms with van der Waals surface area (Å²) in [6, 6.07) is 9.88. The molecule has 0 radical (unpaired) electrons. The summed E-state index contributed by atoms with van der Waals surface area (Å²) in [5.41, 5.74) is 1.57. The fourth-order valence-corrected chi connectivity index (χ4v) is 2.67. The minimum absolute atomic E-state index is 0.0694. The van der Waals surface area contributed by atoms with Crippen LogP contribution in [0.1, 0.15) is 10.5 Å². The largest absolute Gasteiger partial charge is 0.351 e. The monoisotopic (exact) mass is 293 g/mol. The van der Waals surface area contributed by atoms with Crippen molar-refractivity contribution in [3.05, 3.63) is 54.6 Å². The first kappa shape index (κ1) is 12.8. The first-order valence-corrected chi connectivity index (χ1v) is 7.19. The normalized spacial score (nSPS) is 14.8. The fourth-order valence-electron chi connectivity index (χ4n) is 2.67. The highest BCUT2D eigenvalue weighted by Gasteiger charge is 2.29. The molecule has 6 heteroatoms. The molecule has 1 aliphatic rings. The maximum atomic E-state index is 12.3. The standard InChI is InChI=1S/C16H15N5O/c22-16(14-7-11-3-1-2-4-13(11)20-14)19-12-9-21(10-12)15-8-17-5-6-18-15/h1-8,12,20H,9-10H2,(H,19,22). The molecule has 0 unspecified atom stereocenters. The van der Waals surface area contributed by atoms with E-state index in [2.05, 4.69) is 25.2 Å². The van der Waals surface area contributed by atoms with Crippen molar-refractivity contribution in [1.29, 1.82) is 0 Å². The number of carbonyl (C=O) groups is 1. The van der Waals surface area contributed by atoms with Gasteiger partial charge in [-0.3, -0.25) is 9.78 Å². The Morgan fingerprint density at radius 3 is 2.91 bits per heavy atom. The van der Waals surface area contributed by atoms with Gasteiger partial charge in [-0.05, 0) is 12.1 Å². The molecule has 1 amide bonds. The number of fused-ring (bicyclic) bond motifs is 1. The van der Waals surface area contributed by atoms with Crippen LogP contribution in [0.5, 0.6) is 0 Å². The Balaban J connectivity index is 1.39. The molecule has 0 atom stereocenters. The van der Waals surface area contributed by atoms with Gasteiger partial charge in [0.1, 0.15) is 11.5 Å². The van der Waals surface area contributed by atoms with Crippen LogP contribution in [0.2, 0.25) is 0 Å². The second-order valence-electron chi connectivity index (χ2n) is 5.41. The van der Waals surface area contributed by atoms with E-state index in [0.717, 1.165) is 29.8 Å². The summed E-state index contributed by atoms with van der Waals surface area (Å²) in [7, 11) is 0. The van der Waals surface area contributed by atoms with E-state index in [9.17, 15) is 4.79 Å². The number of nitrogens with zero attached hydrogens (tertiary/aromatic N) is 3. The highest BCUT2D eigenvalue weighted by atomic mass is 16.2. The van der Waals surface area contributed by atoms with Crippen LogP contribution in [0.25, 0.3) is 10.9 Å². The van der Waals surface area contributed by atoms with Crippen molar-refractivity contribution < 1.29 is 4.79 Å². The summed E-state index contributed by atoms with van der Waals surface area (Å²) < 4.78 is 0. The predicted octanol–water partition coefficient (Wildman–Crippen LogP) is 1.58. The van der Waals surface area contributed by atoms with Crippen molar-refractivity contribution in [1.82, 2.24) is 20.3 Å². The van der Waals surface area contributed by atoms with E-state index in [1.807, 2.05) is 30.3 Å². The number of H-pyrrole nitrogens is 1. The Kier molecular flexibility index (Phi) is 3.00. The second kappa shape index (κ2) is 5.14. The minimum atomic E-state index is -0.0694. The van der Waals surface area contributed by atoms with Crippen LogP contribution in [0.4, 0.5) is 5.82 Å². The molecule has 0 spiro atoms. The van der Waals surface area contributed by atoms with Crippen LogP contribution in [0.3, 0.4) is 0 Å². The van der Waals surface area contributed by atoms with Crippen molar-refractivity contribution in [2.75, 3.05) is 18.0 Å². The van der Waals surface area contributed by atoms with Gasteiger partial charge < -0.3 is 15.2 Å². The average molecular weight is 293 g/mol. The Morgan fingerprint density at radius 1 is 1.27 bits per heavy atom. The number of aromatic amines is 1. The quantitative estimate of drug-likeness (QED) is 0.769. The van der Waals surface area contributed by atoms with Gasteiger partial charge >= 0.3 is 0 Å². The number of anilines is 1. The third-order valence-electron chi connectivity index (χ3n) is 3.86. The van der Waals surface area contributed by atoms with Crippen molar-refractivity contribution in [2.24, 2.45) is 0 Å². The van der Waals surface area contributed by atoms with Gasteiger partial charge in [0.25, 0.3) is 5.91 Å². The minimum Gasteiger partial charge on any atom is -0.351 e. The third-order valence-corrected chi connectivity index (χ3v) is 3.86. The molecule has 2 N–H and O–H groups in total. The molecule has 1 fully saturated rings. The molecule has 1 aromatic carbocycles. The molecule has 1 saturated heterocycles. The van der Waals surface area contributed by atoms with E-state index in [0.29, 0.717) is 5.69 Å².